The fourth-order valence-electron chi connectivity index (χ4n) is 3.02. The Labute approximate surface area is 162 Å². The highest BCUT2D eigenvalue weighted by atomic mass is 79.9. The normalized spacial score (nSPS) is 15.6. The summed E-state index contributed by atoms with van der Waals surface area (Å²) in [5.74, 6) is -0.341. The molecule has 138 valence electrons. The van der Waals surface area contributed by atoms with Crippen molar-refractivity contribution >= 4 is 37.5 Å². The van der Waals surface area contributed by atoms with Crippen molar-refractivity contribution in [2.75, 3.05) is 18.4 Å². The van der Waals surface area contributed by atoms with E-state index in [9.17, 15) is 13.2 Å². The van der Waals surface area contributed by atoms with Crippen molar-refractivity contribution in [1.82, 2.24) is 4.31 Å². The molecule has 1 aliphatic heterocycles. The Bertz CT molecular complexity index is 922. The number of rotatable bonds is 4. The molecular weight excluding hydrogens is 416 g/mol. The number of hydrogen-bond donors (Lipinski definition) is 1. The number of carbonyl (C=O) groups excluding carboxylic acids is 1. The molecule has 0 unspecified atom stereocenters. The molecule has 3 rings (SSSR count). The van der Waals surface area contributed by atoms with Crippen LogP contribution in [-0.4, -0.2) is 31.7 Å². The Morgan fingerprint density at radius 1 is 1.08 bits per heavy atom. The second kappa shape index (κ2) is 7.90. The molecule has 0 atom stereocenters. The van der Waals surface area contributed by atoms with Gasteiger partial charge in [0.15, 0.2) is 0 Å². The minimum Gasteiger partial charge on any atom is -0.321 e. The Balaban J connectivity index is 1.90. The monoisotopic (exact) mass is 436 g/mol. The highest BCUT2D eigenvalue weighted by Crippen LogP contribution is 2.26. The smallest absolute Gasteiger partial charge is 0.255 e. The molecule has 0 radical (unpaired) electrons. The number of hydrogen-bond acceptors (Lipinski definition) is 3. The van der Waals surface area contributed by atoms with Gasteiger partial charge in [-0.2, -0.15) is 4.31 Å². The first-order valence-corrected chi connectivity index (χ1v) is 10.8. The first-order chi connectivity index (χ1) is 12.4. The van der Waals surface area contributed by atoms with E-state index in [2.05, 4.69) is 21.2 Å². The number of carbonyl (C=O) groups is 1. The summed E-state index contributed by atoms with van der Waals surface area (Å²) in [6, 6.07) is 12.1. The van der Waals surface area contributed by atoms with E-state index in [1.165, 1.54) is 10.4 Å². The molecule has 2 aromatic rings. The summed E-state index contributed by atoms with van der Waals surface area (Å²) in [6.07, 6.45) is 2.81. The molecular formula is C19H21BrN2O3S. The van der Waals surface area contributed by atoms with Gasteiger partial charge in [-0.25, -0.2) is 8.42 Å². The maximum atomic E-state index is 13.0. The topological polar surface area (TPSA) is 66.5 Å². The molecule has 5 nitrogen and oxygen atoms in total. The van der Waals surface area contributed by atoms with Gasteiger partial charge in [0, 0.05) is 23.1 Å². The molecule has 0 spiro atoms. The Hall–Kier alpha value is -1.70. The van der Waals surface area contributed by atoms with Crippen molar-refractivity contribution in [3.05, 3.63) is 58.1 Å². The highest BCUT2D eigenvalue weighted by Gasteiger charge is 2.28. The number of benzene rings is 2. The first-order valence-electron chi connectivity index (χ1n) is 8.56. The van der Waals surface area contributed by atoms with Crippen LogP contribution in [0, 0.1) is 6.92 Å². The molecule has 0 aliphatic carbocycles. The Kier molecular flexibility index (Phi) is 5.79. The number of anilines is 1. The molecule has 0 aromatic heterocycles. The van der Waals surface area contributed by atoms with E-state index in [4.69, 9.17) is 0 Å². The summed E-state index contributed by atoms with van der Waals surface area (Å²) in [4.78, 5) is 12.8. The molecule has 26 heavy (non-hydrogen) atoms. The minimum atomic E-state index is -3.59. The highest BCUT2D eigenvalue weighted by molar-refractivity contribution is 9.10. The number of nitrogens with zero attached hydrogens (tertiary/aromatic N) is 1. The van der Waals surface area contributed by atoms with Gasteiger partial charge in [-0.15, -0.1) is 0 Å². The predicted octanol–water partition coefficient (Wildman–Crippen LogP) is 4.18. The number of para-hydroxylation sites is 1. The first kappa shape index (κ1) is 19.1. The van der Waals surface area contributed by atoms with Crippen molar-refractivity contribution in [3.8, 4) is 0 Å². The fourth-order valence-corrected chi connectivity index (χ4v) is 5.17. The third-order valence-electron chi connectivity index (χ3n) is 4.51. The van der Waals surface area contributed by atoms with E-state index in [0.29, 0.717) is 29.9 Å². The lowest BCUT2D eigenvalue weighted by atomic mass is 10.1. The van der Waals surface area contributed by atoms with Crippen molar-refractivity contribution < 1.29 is 13.2 Å². The van der Waals surface area contributed by atoms with Gasteiger partial charge < -0.3 is 5.32 Å². The lowest BCUT2D eigenvalue weighted by Crippen LogP contribution is -2.36. The van der Waals surface area contributed by atoms with Crippen LogP contribution in [0.1, 0.15) is 35.2 Å². The SMILES string of the molecule is Cc1ccc(C(=O)Nc2ccccc2Br)cc1S(=O)(=O)N1CCCCC1. The zero-order valence-electron chi connectivity index (χ0n) is 14.5. The quantitative estimate of drug-likeness (QED) is 0.781. The number of sulfonamides is 1. The van der Waals surface area contributed by atoms with Crippen LogP contribution in [0.15, 0.2) is 51.8 Å². The number of nitrogens with one attached hydrogen (secondary N) is 1. The number of amides is 1. The van der Waals surface area contributed by atoms with E-state index in [-0.39, 0.29) is 10.8 Å². The number of aryl methyl sites for hydroxylation is 1. The summed E-state index contributed by atoms with van der Waals surface area (Å²) in [5, 5.41) is 2.81. The van der Waals surface area contributed by atoms with Gasteiger partial charge in [-0.3, -0.25) is 4.79 Å². The molecule has 7 heteroatoms. The van der Waals surface area contributed by atoms with E-state index in [0.717, 1.165) is 23.7 Å². The van der Waals surface area contributed by atoms with Crippen LogP contribution in [0.3, 0.4) is 0 Å². The number of halogens is 1. The summed E-state index contributed by atoms with van der Waals surface area (Å²) in [6.45, 7) is 2.83. The maximum absolute atomic E-state index is 13.0. The summed E-state index contributed by atoms with van der Waals surface area (Å²) >= 11 is 3.39. The van der Waals surface area contributed by atoms with Crippen LogP contribution in [0.2, 0.25) is 0 Å². The summed E-state index contributed by atoms with van der Waals surface area (Å²) in [5.41, 5.74) is 1.61. The van der Waals surface area contributed by atoms with E-state index < -0.39 is 10.0 Å². The Morgan fingerprint density at radius 3 is 2.46 bits per heavy atom. The van der Waals surface area contributed by atoms with E-state index >= 15 is 0 Å². The van der Waals surface area contributed by atoms with Gasteiger partial charge >= 0.3 is 0 Å². The molecule has 1 aliphatic rings. The molecule has 2 aromatic carbocycles. The van der Waals surface area contributed by atoms with E-state index in [1.807, 2.05) is 18.2 Å². The lowest BCUT2D eigenvalue weighted by molar-refractivity contribution is 0.102. The Morgan fingerprint density at radius 2 is 1.77 bits per heavy atom. The molecule has 1 fully saturated rings. The van der Waals surface area contributed by atoms with Gasteiger partial charge in [0.25, 0.3) is 5.91 Å². The molecule has 1 heterocycles. The van der Waals surface area contributed by atoms with Crippen molar-refractivity contribution in [2.45, 2.75) is 31.1 Å². The van der Waals surface area contributed by atoms with Crippen LogP contribution in [0.4, 0.5) is 5.69 Å². The second-order valence-corrected chi connectivity index (χ2v) is 9.14. The number of piperidine rings is 1. The molecule has 1 N–H and O–H groups in total. The maximum Gasteiger partial charge on any atom is 0.255 e. The van der Waals surface area contributed by atoms with Crippen molar-refractivity contribution in [3.63, 3.8) is 0 Å². The summed E-state index contributed by atoms with van der Waals surface area (Å²) < 4.78 is 28.3. The third-order valence-corrected chi connectivity index (χ3v) is 7.24. The molecule has 0 bridgehead atoms. The van der Waals surface area contributed by atoms with Crippen LogP contribution in [0.25, 0.3) is 0 Å². The fraction of sp³-hybridized carbons (Fsp3) is 0.316. The second-order valence-electron chi connectivity index (χ2n) is 6.38. The van der Waals surface area contributed by atoms with Crippen LogP contribution < -0.4 is 5.32 Å². The van der Waals surface area contributed by atoms with Crippen molar-refractivity contribution in [1.29, 1.82) is 0 Å². The lowest BCUT2D eigenvalue weighted by Gasteiger charge is -2.26. The molecule has 1 saturated heterocycles. The average Bonchev–Trinajstić information content (AvgIpc) is 2.64. The van der Waals surface area contributed by atoms with Crippen LogP contribution in [-0.2, 0) is 10.0 Å². The summed E-state index contributed by atoms with van der Waals surface area (Å²) in [7, 11) is -3.59. The van der Waals surface area contributed by atoms with Gasteiger partial charge in [0.05, 0.1) is 10.6 Å². The average molecular weight is 437 g/mol. The molecule has 0 saturated carbocycles. The van der Waals surface area contributed by atoms with Gasteiger partial charge in [-0.05, 0) is 65.5 Å². The zero-order chi connectivity index (χ0) is 18.7. The van der Waals surface area contributed by atoms with Crippen LogP contribution in [0.5, 0.6) is 0 Å². The van der Waals surface area contributed by atoms with E-state index in [1.54, 1.807) is 25.1 Å². The minimum absolute atomic E-state index is 0.208. The van der Waals surface area contributed by atoms with Gasteiger partial charge in [0.2, 0.25) is 10.0 Å². The standard InChI is InChI=1S/C19H21BrN2O3S/c1-14-9-10-15(19(23)21-17-8-4-3-7-16(17)20)13-18(14)26(24,25)22-11-5-2-6-12-22/h3-4,7-10,13H,2,5-6,11-12H2,1H3,(H,21,23). The zero-order valence-corrected chi connectivity index (χ0v) is 16.9. The predicted molar refractivity (Wildman–Crippen MR) is 106 cm³/mol. The van der Waals surface area contributed by atoms with Gasteiger partial charge in [0.1, 0.15) is 0 Å². The van der Waals surface area contributed by atoms with Crippen molar-refractivity contribution in [2.24, 2.45) is 0 Å². The van der Waals surface area contributed by atoms with Crippen LogP contribution >= 0.6 is 15.9 Å². The molecule has 1 amide bonds. The van der Waals surface area contributed by atoms with Gasteiger partial charge in [-0.1, -0.05) is 24.6 Å². The third kappa shape index (κ3) is 4.00. The largest absolute Gasteiger partial charge is 0.321 e.